The van der Waals surface area contributed by atoms with Crippen LogP contribution < -0.4 is 15.0 Å². The van der Waals surface area contributed by atoms with Crippen LogP contribution in [0.15, 0.2) is 72.6 Å². The van der Waals surface area contributed by atoms with Crippen molar-refractivity contribution in [3.63, 3.8) is 0 Å². The first-order chi connectivity index (χ1) is 14.5. The fraction of sp³-hybridized carbons (Fsp3) is 0.0455. The average Bonchev–Trinajstić information content (AvgIpc) is 3.21. The normalized spacial score (nSPS) is 15.5. The molecule has 8 heteroatoms. The molecular formula is C22H16ClN3O3S. The number of benzene rings is 2. The number of carbonyl (C=O) groups excluding carboxylic acids is 2. The molecule has 0 saturated carbocycles. The lowest BCUT2D eigenvalue weighted by molar-refractivity contribution is -0.122. The number of anilines is 1. The van der Waals surface area contributed by atoms with Gasteiger partial charge in [0.25, 0.3) is 11.8 Å². The van der Waals surface area contributed by atoms with Crippen LogP contribution in [-0.2, 0) is 9.59 Å². The van der Waals surface area contributed by atoms with Crippen LogP contribution in [0.4, 0.5) is 5.69 Å². The zero-order valence-electron chi connectivity index (χ0n) is 15.8. The SMILES string of the molecule is COc1ccc(-n2ccc(/C=C3/C(=O)NC(=S)N(c4ccc(Cl)cc4)C3=O)c2)cc1. The summed E-state index contributed by atoms with van der Waals surface area (Å²) in [6.45, 7) is 0. The highest BCUT2D eigenvalue weighted by molar-refractivity contribution is 7.80. The summed E-state index contributed by atoms with van der Waals surface area (Å²) in [7, 11) is 1.61. The average molecular weight is 438 g/mol. The van der Waals surface area contributed by atoms with E-state index in [2.05, 4.69) is 5.32 Å². The summed E-state index contributed by atoms with van der Waals surface area (Å²) in [5, 5.41) is 3.13. The summed E-state index contributed by atoms with van der Waals surface area (Å²) in [6, 6.07) is 16.0. The monoisotopic (exact) mass is 437 g/mol. The predicted molar refractivity (Wildman–Crippen MR) is 120 cm³/mol. The minimum absolute atomic E-state index is 0.00830. The Hall–Kier alpha value is -3.42. The van der Waals surface area contributed by atoms with Gasteiger partial charge in [0.2, 0.25) is 0 Å². The summed E-state index contributed by atoms with van der Waals surface area (Å²) in [5.41, 5.74) is 2.14. The minimum Gasteiger partial charge on any atom is -0.497 e. The van der Waals surface area contributed by atoms with Gasteiger partial charge in [0.05, 0.1) is 12.8 Å². The van der Waals surface area contributed by atoms with Crippen LogP contribution in [0.2, 0.25) is 5.02 Å². The largest absolute Gasteiger partial charge is 0.497 e. The third kappa shape index (κ3) is 3.85. The van der Waals surface area contributed by atoms with Gasteiger partial charge in [-0.15, -0.1) is 0 Å². The van der Waals surface area contributed by atoms with E-state index in [1.807, 2.05) is 47.3 Å². The summed E-state index contributed by atoms with van der Waals surface area (Å²) in [4.78, 5) is 26.8. The number of thiocarbonyl (C=S) groups is 1. The molecule has 0 aliphatic carbocycles. The van der Waals surface area contributed by atoms with Crippen molar-refractivity contribution in [3.8, 4) is 11.4 Å². The molecule has 0 atom stereocenters. The summed E-state index contributed by atoms with van der Waals surface area (Å²) >= 11 is 11.1. The molecule has 150 valence electrons. The molecule has 6 nitrogen and oxygen atoms in total. The Bertz CT molecular complexity index is 1170. The third-order valence-corrected chi connectivity index (χ3v) is 5.12. The molecule has 1 aromatic heterocycles. The van der Waals surface area contributed by atoms with Crippen LogP contribution in [0.5, 0.6) is 5.75 Å². The number of nitrogens with one attached hydrogen (secondary N) is 1. The second-order valence-electron chi connectivity index (χ2n) is 6.48. The molecule has 1 aliphatic heterocycles. The fourth-order valence-electron chi connectivity index (χ4n) is 3.06. The zero-order chi connectivity index (χ0) is 21.3. The second kappa shape index (κ2) is 8.14. The quantitative estimate of drug-likeness (QED) is 0.381. The molecule has 0 unspecified atom stereocenters. The number of carbonyl (C=O) groups is 2. The third-order valence-electron chi connectivity index (χ3n) is 4.58. The van der Waals surface area contributed by atoms with E-state index in [1.54, 1.807) is 37.5 Å². The molecule has 1 saturated heterocycles. The van der Waals surface area contributed by atoms with Crippen LogP contribution in [-0.4, -0.2) is 28.6 Å². The predicted octanol–water partition coefficient (Wildman–Crippen LogP) is 3.97. The Kier molecular flexibility index (Phi) is 5.39. The van der Waals surface area contributed by atoms with E-state index in [9.17, 15) is 9.59 Å². The number of amides is 2. The van der Waals surface area contributed by atoms with Crippen molar-refractivity contribution >= 4 is 52.5 Å². The van der Waals surface area contributed by atoms with Crippen LogP contribution in [0.25, 0.3) is 11.8 Å². The van der Waals surface area contributed by atoms with Gasteiger partial charge in [-0.05, 0) is 78.5 Å². The van der Waals surface area contributed by atoms with Crippen molar-refractivity contribution in [3.05, 3.63) is 83.2 Å². The van der Waals surface area contributed by atoms with E-state index >= 15 is 0 Å². The van der Waals surface area contributed by atoms with Crippen molar-refractivity contribution in [1.82, 2.24) is 9.88 Å². The van der Waals surface area contributed by atoms with Crippen molar-refractivity contribution in [2.24, 2.45) is 0 Å². The zero-order valence-corrected chi connectivity index (χ0v) is 17.4. The molecule has 0 bridgehead atoms. The Balaban J connectivity index is 1.64. The van der Waals surface area contributed by atoms with E-state index in [1.165, 1.54) is 4.90 Å². The Morgan fingerprint density at radius 1 is 1.00 bits per heavy atom. The summed E-state index contributed by atoms with van der Waals surface area (Å²) < 4.78 is 7.06. The van der Waals surface area contributed by atoms with Gasteiger partial charge in [0.1, 0.15) is 11.3 Å². The lowest BCUT2D eigenvalue weighted by Crippen LogP contribution is -2.54. The molecular weight excluding hydrogens is 422 g/mol. The topological polar surface area (TPSA) is 63.6 Å². The highest BCUT2D eigenvalue weighted by atomic mass is 35.5. The van der Waals surface area contributed by atoms with Crippen molar-refractivity contribution in [1.29, 1.82) is 0 Å². The molecule has 2 aromatic carbocycles. The Morgan fingerprint density at radius 2 is 1.67 bits per heavy atom. The molecule has 2 heterocycles. The molecule has 30 heavy (non-hydrogen) atoms. The van der Waals surface area contributed by atoms with Gasteiger partial charge in [-0.25, -0.2) is 0 Å². The molecule has 3 aromatic rings. The van der Waals surface area contributed by atoms with Gasteiger partial charge in [0.15, 0.2) is 5.11 Å². The minimum atomic E-state index is -0.535. The van der Waals surface area contributed by atoms with Crippen LogP contribution in [0.1, 0.15) is 5.56 Å². The van der Waals surface area contributed by atoms with E-state index in [0.29, 0.717) is 16.3 Å². The standard InChI is InChI=1S/C22H16ClN3O3S/c1-29-18-8-6-16(7-9-18)25-11-10-14(13-25)12-19-20(27)24-22(30)26(21(19)28)17-4-2-15(23)3-5-17/h2-13H,1H3,(H,24,27,30)/b19-12-. The van der Waals surface area contributed by atoms with Gasteiger partial charge in [-0.3, -0.25) is 19.8 Å². The number of ether oxygens (including phenoxy) is 1. The van der Waals surface area contributed by atoms with Crippen LogP contribution in [0, 0.1) is 0 Å². The Labute approximate surface area is 183 Å². The fourth-order valence-corrected chi connectivity index (χ4v) is 3.47. The first-order valence-electron chi connectivity index (χ1n) is 8.96. The molecule has 2 amide bonds. The van der Waals surface area contributed by atoms with Crippen molar-refractivity contribution < 1.29 is 14.3 Å². The molecule has 1 N–H and O–H groups in total. The molecule has 1 fully saturated rings. The van der Waals surface area contributed by atoms with E-state index < -0.39 is 11.8 Å². The molecule has 4 rings (SSSR count). The summed E-state index contributed by atoms with van der Waals surface area (Å²) in [6.07, 6.45) is 5.22. The van der Waals surface area contributed by atoms with Crippen LogP contribution in [0.3, 0.4) is 0 Å². The Morgan fingerprint density at radius 3 is 2.33 bits per heavy atom. The lowest BCUT2D eigenvalue weighted by Gasteiger charge is -2.28. The number of nitrogens with zero attached hydrogens (tertiary/aromatic N) is 2. The van der Waals surface area contributed by atoms with E-state index in [-0.39, 0.29) is 10.7 Å². The maximum absolute atomic E-state index is 13.0. The first kappa shape index (κ1) is 19.9. The van der Waals surface area contributed by atoms with Gasteiger partial charge in [0, 0.05) is 23.1 Å². The van der Waals surface area contributed by atoms with Gasteiger partial charge < -0.3 is 9.30 Å². The van der Waals surface area contributed by atoms with Gasteiger partial charge in [-0.1, -0.05) is 11.6 Å². The van der Waals surface area contributed by atoms with Gasteiger partial charge >= 0.3 is 0 Å². The van der Waals surface area contributed by atoms with E-state index in [0.717, 1.165) is 11.4 Å². The van der Waals surface area contributed by atoms with Gasteiger partial charge in [-0.2, -0.15) is 0 Å². The van der Waals surface area contributed by atoms with E-state index in [4.69, 9.17) is 28.6 Å². The maximum atomic E-state index is 13.0. The number of aromatic nitrogens is 1. The molecule has 0 radical (unpaired) electrons. The highest BCUT2D eigenvalue weighted by Gasteiger charge is 2.34. The van der Waals surface area contributed by atoms with Crippen molar-refractivity contribution in [2.45, 2.75) is 0 Å². The van der Waals surface area contributed by atoms with Crippen molar-refractivity contribution in [2.75, 3.05) is 12.0 Å². The van der Waals surface area contributed by atoms with Crippen LogP contribution >= 0.6 is 23.8 Å². The summed E-state index contributed by atoms with van der Waals surface area (Å²) in [5.74, 6) is -0.272. The first-order valence-corrected chi connectivity index (χ1v) is 9.74. The lowest BCUT2D eigenvalue weighted by atomic mass is 10.1. The number of rotatable bonds is 4. The molecule has 0 spiro atoms. The second-order valence-corrected chi connectivity index (χ2v) is 7.31. The number of halogens is 1. The maximum Gasteiger partial charge on any atom is 0.270 e. The number of hydrogen-bond donors (Lipinski definition) is 1. The number of methoxy groups -OCH3 is 1. The highest BCUT2D eigenvalue weighted by Crippen LogP contribution is 2.24. The number of hydrogen-bond acceptors (Lipinski definition) is 4. The smallest absolute Gasteiger partial charge is 0.270 e. The molecule has 1 aliphatic rings.